The van der Waals surface area contributed by atoms with Crippen molar-refractivity contribution in [1.29, 1.82) is 0 Å². The summed E-state index contributed by atoms with van der Waals surface area (Å²) < 4.78 is 15.9. The van der Waals surface area contributed by atoms with Crippen LogP contribution in [0.25, 0.3) is 0 Å². The van der Waals surface area contributed by atoms with Gasteiger partial charge in [0.1, 0.15) is 5.82 Å². The molecule has 2 heterocycles. The van der Waals surface area contributed by atoms with E-state index < -0.39 is 11.7 Å². The van der Waals surface area contributed by atoms with E-state index in [4.69, 9.17) is 0 Å². The van der Waals surface area contributed by atoms with Gasteiger partial charge in [0.15, 0.2) is 0 Å². The first-order valence-electron chi connectivity index (χ1n) is 8.28. The Morgan fingerprint density at radius 3 is 2.96 bits per heavy atom. The first-order valence-corrected chi connectivity index (χ1v) is 8.28. The molecule has 1 aromatic carbocycles. The number of amides is 2. The number of benzene rings is 1. The molecule has 2 amide bonds. The lowest BCUT2D eigenvalue weighted by Gasteiger charge is -2.19. The second kappa shape index (κ2) is 7.04. The van der Waals surface area contributed by atoms with E-state index in [1.54, 1.807) is 29.9 Å². The summed E-state index contributed by atoms with van der Waals surface area (Å²) in [6.45, 7) is 4.42. The SMILES string of the molecule is Cc1ccc(N2CC(C(=O)NC(C)Cn3cccn3)CC2=O)c(F)c1. The van der Waals surface area contributed by atoms with Gasteiger partial charge in [-0.15, -0.1) is 0 Å². The van der Waals surface area contributed by atoms with Crippen LogP contribution in [0.3, 0.4) is 0 Å². The molecular weight excluding hydrogens is 323 g/mol. The number of nitrogens with zero attached hydrogens (tertiary/aromatic N) is 3. The Hall–Kier alpha value is -2.70. The first-order chi connectivity index (χ1) is 11.9. The molecule has 7 heteroatoms. The van der Waals surface area contributed by atoms with Crippen LogP contribution in [0.15, 0.2) is 36.7 Å². The maximum absolute atomic E-state index is 14.1. The van der Waals surface area contributed by atoms with E-state index in [2.05, 4.69) is 10.4 Å². The molecular formula is C18H21FN4O2. The van der Waals surface area contributed by atoms with E-state index in [-0.39, 0.29) is 36.5 Å². The molecule has 0 bridgehead atoms. The molecule has 0 aliphatic carbocycles. The minimum Gasteiger partial charge on any atom is -0.351 e. The minimum atomic E-state index is -0.478. The number of hydrogen-bond donors (Lipinski definition) is 1. The summed E-state index contributed by atoms with van der Waals surface area (Å²) in [4.78, 5) is 26.0. The lowest BCUT2D eigenvalue weighted by molar-refractivity contribution is -0.126. The van der Waals surface area contributed by atoms with Crippen LogP contribution >= 0.6 is 0 Å². The van der Waals surface area contributed by atoms with Gasteiger partial charge in [-0.1, -0.05) is 6.07 Å². The highest BCUT2D eigenvalue weighted by molar-refractivity contribution is 6.00. The minimum absolute atomic E-state index is 0.0909. The van der Waals surface area contributed by atoms with Crippen LogP contribution < -0.4 is 10.2 Å². The second-order valence-corrected chi connectivity index (χ2v) is 6.50. The van der Waals surface area contributed by atoms with E-state index in [1.165, 1.54) is 11.0 Å². The third-order valence-corrected chi connectivity index (χ3v) is 4.30. The van der Waals surface area contributed by atoms with Gasteiger partial charge < -0.3 is 10.2 Å². The van der Waals surface area contributed by atoms with Gasteiger partial charge in [0.05, 0.1) is 18.2 Å². The third kappa shape index (κ3) is 3.87. The highest BCUT2D eigenvalue weighted by Gasteiger charge is 2.36. The van der Waals surface area contributed by atoms with E-state index >= 15 is 0 Å². The van der Waals surface area contributed by atoms with Crippen molar-refractivity contribution in [2.24, 2.45) is 5.92 Å². The molecule has 0 spiro atoms. The van der Waals surface area contributed by atoms with Crippen molar-refractivity contribution in [3.05, 3.63) is 48.0 Å². The summed E-state index contributed by atoms with van der Waals surface area (Å²) in [5.74, 6) is -1.35. The predicted octanol–water partition coefficient (Wildman–Crippen LogP) is 1.89. The Morgan fingerprint density at radius 2 is 2.28 bits per heavy atom. The monoisotopic (exact) mass is 344 g/mol. The molecule has 1 fully saturated rings. The molecule has 1 N–H and O–H groups in total. The molecule has 1 aromatic heterocycles. The van der Waals surface area contributed by atoms with Gasteiger partial charge in [-0.05, 0) is 37.6 Å². The topological polar surface area (TPSA) is 67.2 Å². The molecule has 6 nitrogen and oxygen atoms in total. The molecule has 1 aliphatic heterocycles. The van der Waals surface area contributed by atoms with Crippen LogP contribution in [0.1, 0.15) is 18.9 Å². The van der Waals surface area contributed by atoms with Gasteiger partial charge in [0.2, 0.25) is 11.8 Å². The van der Waals surface area contributed by atoms with Crippen molar-refractivity contribution >= 4 is 17.5 Å². The van der Waals surface area contributed by atoms with Crippen molar-refractivity contribution in [2.45, 2.75) is 32.9 Å². The number of anilines is 1. The zero-order valence-electron chi connectivity index (χ0n) is 14.3. The standard InChI is InChI=1S/C18H21FN4O2/c1-12-4-5-16(15(19)8-12)23-11-14(9-17(23)24)18(25)21-13(2)10-22-7-3-6-20-22/h3-8,13-14H,9-11H2,1-2H3,(H,21,25). The molecule has 2 unspecified atom stereocenters. The summed E-state index contributed by atoms with van der Waals surface area (Å²) in [6, 6.07) is 6.43. The van der Waals surface area contributed by atoms with E-state index in [0.717, 1.165) is 5.56 Å². The lowest BCUT2D eigenvalue weighted by Crippen LogP contribution is -2.40. The number of carbonyl (C=O) groups excluding carboxylic acids is 2. The first kappa shape index (κ1) is 17.1. The van der Waals surface area contributed by atoms with E-state index in [1.807, 2.05) is 19.2 Å². The zero-order valence-corrected chi connectivity index (χ0v) is 14.3. The van der Waals surface area contributed by atoms with Crippen LogP contribution in [-0.2, 0) is 16.1 Å². The predicted molar refractivity (Wildman–Crippen MR) is 91.4 cm³/mol. The van der Waals surface area contributed by atoms with Gasteiger partial charge in [0, 0.05) is 31.4 Å². The second-order valence-electron chi connectivity index (χ2n) is 6.50. The van der Waals surface area contributed by atoms with Crippen molar-refractivity contribution < 1.29 is 14.0 Å². The van der Waals surface area contributed by atoms with E-state index in [0.29, 0.717) is 6.54 Å². The van der Waals surface area contributed by atoms with Crippen LogP contribution in [-0.4, -0.2) is 34.2 Å². The van der Waals surface area contributed by atoms with Crippen molar-refractivity contribution in [3.8, 4) is 0 Å². The number of aromatic nitrogens is 2. The Balaban J connectivity index is 1.62. The Kier molecular flexibility index (Phi) is 4.83. The average molecular weight is 344 g/mol. The largest absolute Gasteiger partial charge is 0.351 e. The van der Waals surface area contributed by atoms with Gasteiger partial charge in [0.25, 0.3) is 0 Å². The fourth-order valence-corrected chi connectivity index (χ4v) is 3.04. The Morgan fingerprint density at radius 1 is 1.48 bits per heavy atom. The van der Waals surface area contributed by atoms with Gasteiger partial charge >= 0.3 is 0 Å². The molecule has 25 heavy (non-hydrogen) atoms. The van der Waals surface area contributed by atoms with Gasteiger partial charge in [-0.3, -0.25) is 14.3 Å². The Labute approximate surface area is 145 Å². The smallest absolute Gasteiger partial charge is 0.227 e. The van der Waals surface area contributed by atoms with Crippen LogP contribution in [0.4, 0.5) is 10.1 Å². The molecule has 2 aromatic rings. The highest BCUT2D eigenvalue weighted by atomic mass is 19.1. The van der Waals surface area contributed by atoms with E-state index in [9.17, 15) is 14.0 Å². The normalized spacial score (nSPS) is 18.4. The molecule has 3 rings (SSSR count). The van der Waals surface area contributed by atoms with Gasteiger partial charge in [-0.25, -0.2) is 4.39 Å². The third-order valence-electron chi connectivity index (χ3n) is 4.30. The number of rotatable bonds is 5. The summed E-state index contributed by atoms with van der Waals surface area (Å²) in [5, 5.41) is 7.01. The quantitative estimate of drug-likeness (QED) is 0.901. The van der Waals surface area contributed by atoms with Crippen LogP contribution in [0.5, 0.6) is 0 Å². The van der Waals surface area contributed by atoms with Crippen molar-refractivity contribution in [3.63, 3.8) is 0 Å². The maximum atomic E-state index is 14.1. The molecule has 1 saturated heterocycles. The molecule has 1 aliphatic rings. The molecule has 2 atom stereocenters. The molecule has 0 radical (unpaired) electrons. The molecule has 132 valence electrons. The van der Waals surface area contributed by atoms with Crippen molar-refractivity contribution in [1.82, 2.24) is 15.1 Å². The Bertz CT molecular complexity index is 775. The highest BCUT2D eigenvalue weighted by Crippen LogP contribution is 2.28. The number of nitrogens with one attached hydrogen (secondary N) is 1. The summed E-state index contributed by atoms with van der Waals surface area (Å²) in [6.07, 6.45) is 3.59. The van der Waals surface area contributed by atoms with Crippen LogP contribution in [0.2, 0.25) is 0 Å². The molecule has 0 saturated carbocycles. The zero-order chi connectivity index (χ0) is 18.0. The number of halogens is 1. The summed E-state index contributed by atoms with van der Waals surface area (Å²) in [7, 11) is 0. The average Bonchev–Trinajstić information content (AvgIpc) is 3.17. The number of hydrogen-bond acceptors (Lipinski definition) is 3. The summed E-state index contributed by atoms with van der Waals surface area (Å²) in [5.41, 5.74) is 1.02. The van der Waals surface area contributed by atoms with Crippen LogP contribution in [0, 0.1) is 18.7 Å². The summed E-state index contributed by atoms with van der Waals surface area (Å²) >= 11 is 0. The maximum Gasteiger partial charge on any atom is 0.227 e. The number of carbonyl (C=O) groups is 2. The fraction of sp³-hybridized carbons (Fsp3) is 0.389. The van der Waals surface area contributed by atoms with Crippen molar-refractivity contribution in [2.75, 3.05) is 11.4 Å². The lowest BCUT2D eigenvalue weighted by atomic mass is 10.1. The number of aryl methyl sites for hydroxylation is 1. The fourth-order valence-electron chi connectivity index (χ4n) is 3.04. The van der Waals surface area contributed by atoms with Gasteiger partial charge in [-0.2, -0.15) is 5.10 Å².